The van der Waals surface area contributed by atoms with Gasteiger partial charge in [0.2, 0.25) is 0 Å². The van der Waals surface area contributed by atoms with Gasteiger partial charge in [-0.1, -0.05) is 44.2 Å². The van der Waals surface area contributed by atoms with Gasteiger partial charge < -0.3 is 20.5 Å². The zero-order valence-corrected chi connectivity index (χ0v) is 13.0. The average molecular weight is 294 g/mol. The number of aliphatic hydroxyl groups excluding tert-OH is 1. The molecule has 118 valence electrons. The number of amides is 2. The van der Waals surface area contributed by atoms with Crippen molar-refractivity contribution < 1.29 is 14.6 Å². The van der Waals surface area contributed by atoms with Gasteiger partial charge in [-0.05, 0) is 18.4 Å². The van der Waals surface area contributed by atoms with E-state index in [9.17, 15) is 9.90 Å². The lowest BCUT2D eigenvalue weighted by Crippen LogP contribution is -2.41. The van der Waals surface area contributed by atoms with Gasteiger partial charge in [-0.3, -0.25) is 0 Å². The monoisotopic (exact) mass is 294 g/mol. The molecule has 0 saturated carbocycles. The Morgan fingerprint density at radius 3 is 2.48 bits per heavy atom. The second-order valence-electron chi connectivity index (χ2n) is 5.57. The molecule has 5 nitrogen and oxygen atoms in total. The standard InChI is InChI=1S/C16H26N2O3/c1-12(2)10-21-11-15(19)9-17-16(20)18-13(3)14-7-5-4-6-8-14/h4-8,12-13,15,19H,9-11H2,1-3H3,(H2,17,18,20). The summed E-state index contributed by atoms with van der Waals surface area (Å²) in [5.74, 6) is 0.431. The SMILES string of the molecule is CC(C)COCC(O)CNC(=O)NC(C)c1ccccc1. The van der Waals surface area contributed by atoms with Crippen LogP contribution in [0, 0.1) is 5.92 Å². The van der Waals surface area contributed by atoms with E-state index in [2.05, 4.69) is 10.6 Å². The second kappa shape index (κ2) is 9.37. The van der Waals surface area contributed by atoms with Crippen LogP contribution in [0.1, 0.15) is 32.4 Å². The van der Waals surface area contributed by atoms with Gasteiger partial charge in [-0.2, -0.15) is 0 Å². The van der Waals surface area contributed by atoms with Gasteiger partial charge in [0.15, 0.2) is 0 Å². The normalized spacial score (nSPS) is 13.8. The summed E-state index contributed by atoms with van der Waals surface area (Å²) in [5, 5.41) is 15.2. The third-order valence-corrected chi connectivity index (χ3v) is 2.91. The van der Waals surface area contributed by atoms with E-state index in [1.54, 1.807) is 0 Å². The molecule has 0 aliphatic carbocycles. The summed E-state index contributed by atoms with van der Waals surface area (Å²) in [4.78, 5) is 11.7. The highest BCUT2D eigenvalue weighted by atomic mass is 16.5. The average Bonchev–Trinajstić information content (AvgIpc) is 2.45. The number of carbonyl (C=O) groups excluding carboxylic acids is 1. The molecule has 0 aliphatic rings. The van der Waals surface area contributed by atoms with Crippen LogP contribution in [0.25, 0.3) is 0 Å². The highest BCUT2D eigenvalue weighted by Gasteiger charge is 2.11. The number of urea groups is 1. The number of nitrogens with one attached hydrogen (secondary N) is 2. The number of rotatable bonds is 8. The molecule has 0 aromatic heterocycles. The van der Waals surface area contributed by atoms with Gasteiger partial charge in [0.25, 0.3) is 0 Å². The largest absolute Gasteiger partial charge is 0.389 e. The molecule has 2 unspecified atom stereocenters. The molecule has 3 N–H and O–H groups in total. The van der Waals surface area contributed by atoms with E-state index >= 15 is 0 Å². The van der Waals surface area contributed by atoms with Crippen LogP contribution < -0.4 is 10.6 Å². The van der Waals surface area contributed by atoms with E-state index in [1.165, 1.54) is 0 Å². The first kappa shape index (κ1) is 17.5. The Morgan fingerprint density at radius 1 is 1.19 bits per heavy atom. The lowest BCUT2D eigenvalue weighted by molar-refractivity contribution is 0.0272. The molecule has 0 saturated heterocycles. The molecule has 0 heterocycles. The van der Waals surface area contributed by atoms with Crippen molar-refractivity contribution in [2.75, 3.05) is 19.8 Å². The van der Waals surface area contributed by atoms with Crippen molar-refractivity contribution >= 4 is 6.03 Å². The van der Waals surface area contributed by atoms with Crippen LogP contribution in [0.3, 0.4) is 0 Å². The Morgan fingerprint density at radius 2 is 1.86 bits per heavy atom. The summed E-state index contributed by atoms with van der Waals surface area (Å²) in [6.07, 6.45) is -0.693. The summed E-state index contributed by atoms with van der Waals surface area (Å²) in [6.45, 7) is 7.01. The van der Waals surface area contributed by atoms with Gasteiger partial charge in [0.05, 0.1) is 18.8 Å². The summed E-state index contributed by atoms with van der Waals surface area (Å²) >= 11 is 0. The predicted octanol–water partition coefficient (Wildman–Crippen LogP) is 2.08. The zero-order chi connectivity index (χ0) is 15.7. The molecule has 1 aromatic carbocycles. The Hall–Kier alpha value is -1.59. The van der Waals surface area contributed by atoms with Crippen LogP contribution in [-0.4, -0.2) is 37.0 Å². The van der Waals surface area contributed by atoms with E-state index < -0.39 is 6.10 Å². The van der Waals surface area contributed by atoms with Crippen molar-refractivity contribution in [2.45, 2.75) is 32.9 Å². The van der Waals surface area contributed by atoms with Gasteiger partial charge in [-0.15, -0.1) is 0 Å². The first-order chi connectivity index (χ1) is 9.99. The number of benzene rings is 1. The topological polar surface area (TPSA) is 70.6 Å². The Labute approximate surface area is 126 Å². The molecule has 2 amide bonds. The molecule has 0 spiro atoms. The van der Waals surface area contributed by atoms with Crippen molar-refractivity contribution in [2.24, 2.45) is 5.92 Å². The van der Waals surface area contributed by atoms with Crippen molar-refractivity contribution in [3.63, 3.8) is 0 Å². The van der Waals surface area contributed by atoms with Crippen molar-refractivity contribution in [3.8, 4) is 0 Å². The molecule has 1 rings (SSSR count). The van der Waals surface area contributed by atoms with Crippen molar-refractivity contribution in [1.29, 1.82) is 0 Å². The maximum atomic E-state index is 11.7. The fraction of sp³-hybridized carbons (Fsp3) is 0.562. The molecule has 0 bridgehead atoms. The first-order valence-corrected chi connectivity index (χ1v) is 7.34. The number of hydrogen-bond donors (Lipinski definition) is 3. The van der Waals surface area contributed by atoms with Crippen LogP contribution in [-0.2, 0) is 4.74 Å². The number of ether oxygens (including phenoxy) is 1. The lowest BCUT2D eigenvalue weighted by atomic mass is 10.1. The highest BCUT2D eigenvalue weighted by Crippen LogP contribution is 2.10. The second-order valence-corrected chi connectivity index (χ2v) is 5.57. The van der Waals surface area contributed by atoms with E-state index in [0.717, 1.165) is 5.56 Å². The van der Waals surface area contributed by atoms with Gasteiger partial charge in [0.1, 0.15) is 0 Å². The van der Waals surface area contributed by atoms with Crippen molar-refractivity contribution in [3.05, 3.63) is 35.9 Å². The Kier molecular flexibility index (Phi) is 7.79. The maximum absolute atomic E-state index is 11.7. The molecular formula is C16H26N2O3. The van der Waals surface area contributed by atoms with Crippen LogP contribution in [0.2, 0.25) is 0 Å². The predicted molar refractivity (Wildman–Crippen MR) is 83.1 cm³/mol. The summed E-state index contributed by atoms with van der Waals surface area (Å²) in [6, 6.07) is 9.33. The quantitative estimate of drug-likeness (QED) is 0.687. The summed E-state index contributed by atoms with van der Waals surface area (Å²) in [5.41, 5.74) is 1.04. The molecule has 1 aromatic rings. The minimum atomic E-state index is -0.693. The van der Waals surface area contributed by atoms with Crippen LogP contribution in [0.15, 0.2) is 30.3 Å². The number of aliphatic hydroxyl groups is 1. The molecular weight excluding hydrogens is 268 g/mol. The Balaban J connectivity index is 2.21. The number of carbonyl (C=O) groups is 1. The smallest absolute Gasteiger partial charge is 0.315 e. The molecule has 5 heteroatoms. The molecule has 0 fully saturated rings. The number of hydrogen-bond acceptors (Lipinski definition) is 3. The first-order valence-electron chi connectivity index (χ1n) is 7.34. The van der Waals surface area contributed by atoms with E-state index in [1.807, 2.05) is 51.1 Å². The lowest BCUT2D eigenvalue weighted by Gasteiger charge is -2.17. The fourth-order valence-electron chi connectivity index (χ4n) is 1.78. The molecule has 2 atom stereocenters. The summed E-state index contributed by atoms with van der Waals surface area (Å²) < 4.78 is 5.32. The maximum Gasteiger partial charge on any atom is 0.315 e. The molecule has 0 aliphatic heterocycles. The third kappa shape index (κ3) is 7.68. The molecule has 21 heavy (non-hydrogen) atoms. The van der Waals surface area contributed by atoms with Crippen LogP contribution in [0.4, 0.5) is 4.79 Å². The van der Waals surface area contributed by atoms with E-state index in [4.69, 9.17) is 4.74 Å². The van der Waals surface area contributed by atoms with Crippen LogP contribution >= 0.6 is 0 Å². The van der Waals surface area contributed by atoms with Gasteiger partial charge in [0, 0.05) is 13.2 Å². The zero-order valence-electron chi connectivity index (χ0n) is 13.0. The summed E-state index contributed by atoms with van der Waals surface area (Å²) in [7, 11) is 0. The third-order valence-electron chi connectivity index (χ3n) is 2.91. The molecule has 0 radical (unpaired) electrons. The minimum Gasteiger partial charge on any atom is -0.389 e. The van der Waals surface area contributed by atoms with Gasteiger partial charge in [-0.25, -0.2) is 4.79 Å². The van der Waals surface area contributed by atoms with Crippen molar-refractivity contribution in [1.82, 2.24) is 10.6 Å². The van der Waals surface area contributed by atoms with E-state index in [0.29, 0.717) is 12.5 Å². The Bertz CT molecular complexity index is 409. The highest BCUT2D eigenvalue weighted by molar-refractivity contribution is 5.74. The van der Waals surface area contributed by atoms with E-state index in [-0.39, 0.29) is 25.2 Å². The van der Waals surface area contributed by atoms with Gasteiger partial charge >= 0.3 is 6.03 Å². The minimum absolute atomic E-state index is 0.0828. The van der Waals surface area contributed by atoms with Crippen LogP contribution in [0.5, 0.6) is 0 Å². The fourth-order valence-corrected chi connectivity index (χ4v) is 1.78.